The van der Waals surface area contributed by atoms with Gasteiger partial charge in [-0.1, -0.05) is 24.6 Å². The van der Waals surface area contributed by atoms with Gasteiger partial charge in [-0.05, 0) is 18.9 Å². The lowest BCUT2D eigenvalue weighted by molar-refractivity contribution is -0.127. The van der Waals surface area contributed by atoms with Crippen LogP contribution < -0.4 is 10.9 Å². The average Bonchev–Trinajstić information content (AvgIpc) is 2.89. The number of aromatic nitrogens is 2. The number of carbonyl (C=O) groups is 3. The van der Waals surface area contributed by atoms with E-state index in [0.717, 1.165) is 29.3 Å². The molecule has 1 aromatic heterocycles. The van der Waals surface area contributed by atoms with E-state index in [4.69, 9.17) is 0 Å². The second kappa shape index (κ2) is 6.76. The lowest BCUT2D eigenvalue weighted by Crippen LogP contribution is -2.54. The molecule has 0 aromatic carbocycles. The molecule has 2 fully saturated rings. The van der Waals surface area contributed by atoms with E-state index in [1.54, 1.807) is 0 Å². The van der Waals surface area contributed by atoms with Gasteiger partial charge >= 0.3 is 0 Å². The summed E-state index contributed by atoms with van der Waals surface area (Å²) in [5, 5.41) is 6.56. The lowest BCUT2D eigenvalue weighted by atomic mass is 9.89. The quantitative estimate of drug-likeness (QED) is 0.853. The summed E-state index contributed by atoms with van der Waals surface area (Å²) in [5.74, 6) is -0.441. The number of nitrogens with one attached hydrogen (secondary N) is 1. The molecule has 2 heterocycles. The van der Waals surface area contributed by atoms with Crippen LogP contribution in [0.25, 0.3) is 0 Å². The second-order valence-electron chi connectivity index (χ2n) is 5.93. The zero-order chi connectivity index (χ0) is 17.3. The smallest absolute Gasteiger partial charge is 0.289 e. The summed E-state index contributed by atoms with van der Waals surface area (Å²) in [6, 6.07) is 2.05. The molecule has 9 heteroatoms. The molecule has 0 radical (unpaired) electrons. The van der Waals surface area contributed by atoms with E-state index in [9.17, 15) is 19.2 Å². The fourth-order valence-electron chi connectivity index (χ4n) is 3.14. The fraction of sp³-hybridized carbons (Fsp3) is 0.533. The molecular formula is C15H18N4O4S. The summed E-state index contributed by atoms with van der Waals surface area (Å²) < 4.78 is 1.09. The molecule has 8 nitrogen and oxygen atoms in total. The second-order valence-corrected chi connectivity index (χ2v) is 6.86. The van der Waals surface area contributed by atoms with Crippen molar-refractivity contribution >= 4 is 28.8 Å². The predicted octanol–water partition coefficient (Wildman–Crippen LogP) is 0.517. The molecule has 2 unspecified atom stereocenters. The molecule has 0 bridgehead atoms. The molecule has 1 aliphatic carbocycles. The molecule has 1 saturated carbocycles. The fourth-order valence-corrected chi connectivity index (χ4v) is 3.90. The Morgan fingerprint density at radius 3 is 2.67 bits per heavy atom. The first-order valence-electron chi connectivity index (χ1n) is 7.81. The summed E-state index contributed by atoms with van der Waals surface area (Å²) in [5.41, 5.74) is -0.165. The number of nitrogens with zero attached hydrogens (tertiary/aromatic N) is 3. The van der Waals surface area contributed by atoms with E-state index < -0.39 is 5.91 Å². The van der Waals surface area contributed by atoms with E-state index in [-0.39, 0.29) is 40.2 Å². The molecule has 3 rings (SSSR count). The van der Waals surface area contributed by atoms with E-state index in [0.29, 0.717) is 12.8 Å². The number of rotatable bonds is 3. The van der Waals surface area contributed by atoms with Crippen LogP contribution in [0, 0.1) is 0 Å². The molecule has 2 aliphatic rings. The summed E-state index contributed by atoms with van der Waals surface area (Å²) >= 11 is 1.00. The zero-order valence-corrected chi connectivity index (χ0v) is 14.0. The highest BCUT2D eigenvalue weighted by Gasteiger charge is 2.41. The van der Waals surface area contributed by atoms with Crippen molar-refractivity contribution in [3.63, 3.8) is 0 Å². The number of thioether (sulfide) groups is 1. The molecule has 128 valence electrons. The zero-order valence-electron chi connectivity index (χ0n) is 13.2. The standard InChI is InChI=1S/C15H18N4O4S/c1-18-12(20)7-6-10(17-18)14(22)16-9-4-2-3-5-11(9)19-13(21)8-24-15(19)23/h6-7,9,11H,2-5,8H2,1H3,(H,16,22). The third-order valence-electron chi connectivity index (χ3n) is 4.36. The Bertz CT molecular complexity index is 731. The van der Waals surface area contributed by atoms with E-state index >= 15 is 0 Å². The Hall–Kier alpha value is -2.16. The molecule has 24 heavy (non-hydrogen) atoms. The highest BCUT2D eigenvalue weighted by Crippen LogP contribution is 2.30. The lowest BCUT2D eigenvalue weighted by Gasteiger charge is -2.36. The van der Waals surface area contributed by atoms with Crippen molar-refractivity contribution in [2.45, 2.75) is 37.8 Å². The maximum absolute atomic E-state index is 12.4. The first kappa shape index (κ1) is 16.7. The largest absolute Gasteiger partial charge is 0.346 e. The maximum Gasteiger partial charge on any atom is 0.289 e. The van der Waals surface area contributed by atoms with Crippen molar-refractivity contribution < 1.29 is 14.4 Å². The van der Waals surface area contributed by atoms with Crippen LogP contribution >= 0.6 is 11.8 Å². The minimum Gasteiger partial charge on any atom is -0.346 e. The Balaban J connectivity index is 1.77. The Kier molecular flexibility index (Phi) is 4.70. The SMILES string of the molecule is Cn1nc(C(=O)NC2CCCCC2N2C(=O)CSC2=O)ccc1=O. The van der Waals surface area contributed by atoms with Crippen molar-refractivity contribution in [2.75, 3.05) is 5.75 Å². The van der Waals surface area contributed by atoms with Gasteiger partial charge in [-0.15, -0.1) is 0 Å². The average molecular weight is 350 g/mol. The third-order valence-corrected chi connectivity index (χ3v) is 5.19. The first-order valence-corrected chi connectivity index (χ1v) is 8.80. The van der Waals surface area contributed by atoms with Gasteiger partial charge in [0, 0.05) is 13.1 Å². The number of aryl methyl sites for hydroxylation is 1. The van der Waals surface area contributed by atoms with Gasteiger partial charge in [0.2, 0.25) is 5.91 Å². The predicted molar refractivity (Wildman–Crippen MR) is 87.7 cm³/mol. The molecule has 3 amide bonds. The minimum atomic E-state index is -0.408. The van der Waals surface area contributed by atoms with Crippen molar-refractivity contribution in [1.82, 2.24) is 20.0 Å². The van der Waals surface area contributed by atoms with Crippen LogP contribution in [0.2, 0.25) is 0 Å². The van der Waals surface area contributed by atoms with Crippen LogP contribution in [0.15, 0.2) is 16.9 Å². The summed E-state index contributed by atoms with van der Waals surface area (Å²) in [4.78, 5) is 49.0. The van der Waals surface area contributed by atoms with E-state index in [1.807, 2.05) is 0 Å². The van der Waals surface area contributed by atoms with Gasteiger partial charge in [0.1, 0.15) is 5.69 Å². The highest BCUT2D eigenvalue weighted by atomic mass is 32.2. The van der Waals surface area contributed by atoms with Gasteiger partial charge in [-0.25, -0.2) is 4.68 Å². The van der Waals surface area contributed by atoms with Gasteiger partial charge in [-0.3, -0.25) is 24.1 Å². The summed E-state index contributed by atoms with van der Waals surface area (Å²) in [6.45, 7) is 0. The summed E-state index contributed by atoms with van der Waals surface area (Å²) in [6.07, 6.45) is 3.22. The maximum atomic E-state index is 12.4. The van der Waals surface area contributed by atoms with Crippen molar-refractivity contribution in [3.8, 4) is 0 Å². The number of hydrogen-bond acceptors (Lipinski definition) is 6. The van der Waals surface area contributed by atoms with Gasteiger partial charge < -0.3 is 5.32 Å². The Morgan fingerprint density at radius 1 is 1.25 bits per heavy atom. The molecule has 1 aromatic rings. The molecule has 2 atom stereocenters. The topological polar surface area (TPSA) is 101 Å². The van der Waals surface area contributed by atoms with Crippen molar-refractivity contribution in [1.29, 1.82) is 0 Å². The number of hydrogen-bond donors (Lipinski definition) is 1. The van der Waals surface area contributed by atoms with Gasteiger partial charge in [-0.2, -0.15) is 5.10 Å². The minimum absolute atomic E-state index is 0.134. The Morgan fingerprint density at radius 2 is 2.00 bits per heavy atom. The molecule has 0 spiro atoms. The van der Waals surface area contributed by atoms with Crippen LogP contribution in [-0.2, 0) is 11.8 Å². The normalized spacial score (nSPS) is 24.3. The van der Waals surface area contributed by atoms with Crippen molar-refractivity contribution in [2.24, 2.45) is 7.05 Å². The van der Waals surface area contributed by atoms with Gasteiger partial charge in [0.15, 0.2) is 0 Å². The molecule has 1 saturated heterocycles. The molecule has 1 aliphatic heterocycles. The van der Waals surface area contributed by atoms with Gasteiger partial charge in [0.05, 0.1) is 17.8 Å². The van der Waals surface area contributed by atoms with Crippen LogP contribution in [-0.4, -0.2) is 49.6 Å². The first-order chi connectivity index (χ1) is 11.5. The van der Waals surface area contributed by atoms with Crippen LogP contribution in [0.1, 0.15) is 36.2 Å². The van der Waals surface area contributed by atoms with Crippen LogP contribution in [0.3, 0.4) is 0 Å². The molecular weight excluding hydrogens is 332 g/mol. The monoisotopic (exact) mass is 350 g/mol. The Labute approximate surface area is 142 Å². The number of carbonyl (C=O) groups excluding carboxylic acids is 3. The summed E-state index contributed by atoms with van der Waals surface area (Å²) in [7, 11) is 1.47. The van der Waals surface area contributed by atoms with Gasteiger partial charge in [0.25, 0.3) is 16.7 Å². The highest BCUT2D eigenvalue weighted by molar-refractivity contribution is 8.14. The number of amides is 3. The van der Waals surface area contributed by atoms with E-state index in [2.05, 4.69) is 10.4 Å². The van der Waals surface area contributed by atoms with Crippen LogP contribution in [0.5, 0.6) is 0 Å². The molecule has 1 N–H and O–H groups in total. The van der Waals surface area contributed by atoms with Crippen LogP contribution in [0.4, 0.5) is 4.79 Å². The third kappa shape index (κ3) is 3.21. The number of imide groups is 1. The van der Waals surface area contributed by atoms with Crippen molar-refractivity contribution in [3.05, 3.63) is 28.2 Å². The van der Waals surface area contributed by atoms with E-state index in [1.165, 1.54) is 24.1 Å².